The molecule has 0 rings (SSSR count). The summed E-state index contributed by atoms with van der Waals surface area (Å²) in [6, 6.07) is 0. The van der Waals surface area contributed by atoms with Crippen molar-refractivity contribution in [2.24, 2.45) is 4.99 Å². The molecular formula is C6H12N2O. The Kier molecular flexibility index (Phi) is 2.37. The number of hydrogen-bond acceptors (Lipinski definition) is 3. The van der Waals surface area contributed by atoms with E-state index >= 15 is 0 Å². The van der Waals surface area contributed by atoms with Crippen molar-refractivity contribution in [3.63, 3.8) is 0 Å². The summed E-state index contributed by atoms with van der Waals surface area (Å²) in [5.74, 6) is 0.137. The van der Waals surface area contributed by atoms with Gasteiger partial charge in [-0.2, -0.15) is 0 Å². The SMILES string of the molecule is C=NC(C)(C)C(=N)OC. The summed E-state index contributed by atoms with van der Waals surface area (Å²) in [5, 5.41) is 7.18. The van der Waals surface area contributed by atoms with E-state index in [1.807, 2.05) is 0 Å². The van der Waals surface area contributed by atoms with Crippen LogP contribution in [-0.4, -0.2) is 25.3 Å². The summed E-state index contributed by atoms with van der Waals surface area (Å²) >= 11 is 0. The van der Waals surface area contributed by atoms with Gasteiger partial charge in [0.2, 0.25) is 5.90 Å². The van der Waals surface area contributed by atoms with E-state index in [9.17, 15) is 0 Å². The van der Waals surface area contributed by atoms with Gasteiger partial charge >= 0.3 is 0 Å². The van der Waals surface area contributed by atoms with Crippen LogP contribution in [0.5, 0.6) is 0 Å². The van der Waals surface area contributed by atoms with Crippen molar-refractivity contribution < 1.29 is 4.74 Å². The second-order valence-electron chi connectivity index (χ2n) is 2.25. The molecule has 0 amide bonds. The van der Waals surface area contributed by atoms with Crippen LogP contribution in [0, 0.1) is 5.41 Å². The first-order chi connectivity index (χ1) is 4.04. The fourth-order valence-electron chi connectivity index (χ4n) is 0.322. The number of methoxy groups -OCH3 is 1. The number of rotatable bonds is 2. The molecule has 0 saturated carbocycles. The molecule has 0 aromatic carbocycles. The van der Waals surface area contributed by atoms with Gasteiger partial charge in [-0.15, -0.1) is 0 Å². The minimum absolute atomic E-state index is 0.137. The first-order valence-electron chi connectivity index (χ1n) is 2.65. The second-order valence-corrected chi connectivity index (χ2v) is 2.25. The van der Waals surface area contributed by atoms with Crippen molar-refractivity contribution in [1.29, 1.82) is 5.41 Å². The highest BCUT2D eigenvalue weighted by Gasteiger charge is 2.21. The lowest BCUT2D eigenvalue weighted by Gasteiger charge is -2.17. The minimum Gasteiger partial charge on any atom is -0.483 e. The predicted molar refractivity (Wildman–Crippen MR) is 38.4 cm³/mol. The van der Waals surface area contributed by atoms with Gasteiger partial charge in [-0.1, -0.05) is 0 Å². The van der Waals surface area contributed by atoms with E-state index < -0.39 is 5.54 Å². The largest absolute Gasteiger partial charge is 0.483 e. The van der Waals surface area contributed by atoms with Crippen LogP contribution in [0.15, 0.2) is 4.99 Å². The zero-order chi connectivity index (χ0) is 7.49. The Balaban J connectivity index is 4.14. The number of hydrogen-bond donors (Lipinski definition) is 1. The van der Waals surface area contributed by atoms with E-state index in [1.54, 1.807) is 13.8 Å². The van der Waals surface area contributed by atoms with Gasteiger partial charge in [-0.25, -0.2) is 0 Å². The number of aliphatic imine (C=N–C) groups is 1. The highest BCUT2D eigenvalue weighted by molar-refractivity contribution is 5.83. The molecule has 9 heavy (non-hydrogen) atoms. The maximum atomic E-state index is 7.18. The third kappa shape index (κ3) is 1.83. The molecule has 0 radical (unpaired) electrons. The van der Waals surface area contributed by atoms with Crippen LogP contribution in [0.3, 0.4) is 0 Å². The Morgan fingerprint density at radius 2 is 2.11 bits per heavy atom. The molecule has 0 atom stereocenters. The smallest absolute Gasteiger partial charge is 0.208 e. The van der Waals surface area contributed by atoms with E-state index in [0.717, 1.165) is 0 Å². The van der Waals surface area contributed by atoms with Gasteiger partial charge in [-0.3, -0.25) is 10.4 Å². The normalized spacial score (nSPS) is 10.6. The van der Waals surface area contributed by atoms with Crippen LogP contribution in [-0.2, 0) is 4.74 Å². The molecule has 1 N–H and O–H groups in total. The molecule has 0 aliphatic heterocycles. The molecule has 0 heterocycles. The Hall–Kier alpha value is -0.860. The Labute approximate surface area is 55.3 Å². The average molecular weight is 128 g/mol. The molecule has 3 nitrogen and oxygen atoms in total. The Morgan fingerprint density at radius 1 is 1.67 bits per heavy atom. The lowest BCUT2D eigenvalue weighted by molar-refractivity contribution is 0.358. The lowest BCUT2D eigenvalue weighted by Crippen LogP contribution is -2.29. The minimum atomic E-state index is -0.575. The van der Waals surface area contributed by atoms with E-state index in [-0.39, 0.29) is 5.90 Å². The first-order valence-corrected chi connectivity index (χ1v) is 2.65. The van der Waals surface area contributed by atoms with Crippen molar-refractivity contribution in [3.05, 3.63) is 0 Å². The van der Waals surface area contributed by atoms with Gasteiger partial charge in [0.25, 0.3) is 0 Å². The van der Waals surface area contributed by atoms with Crippen molar-refractivity contribution in [3.8, 4) is 0 Å². The summed E-state index contributed by atoms with van der Waals surface area (Å²) < 4.78 is 4.66. The highest BCUT2D eigenvalue weighted by atomic mass is 16.5. The summed E-state index contributed by atoms with van der Waals surface area (Å²) in [6.45, 7) is 6.87. The molecule has 0 fully saturated rings. The molecule has 0 aromatic heterocycles. The monoisotopic (exact) mass is 128 g/mol. The Bertz CT molecular complexity index is 129. The van der Waals surface area contributed by atoms with Crippen LogP contribution < -0.4 is 0 Å². The van der Waals surface area contributed by atoms with Crippen molar-refractivity contribution >= 4 is 12.6 Å². The summed E-state index contributed by atoms with van der Waals surface area (Å²) in [4.78, 5) is 3.69. The maximum absolute atomic E-state index is 7.18. The number of ether oxygens (including phenoxy) is 1. The van der Waals surface area contributed by atoms with E-state index in [1.165, 1.54) is 7.11 Å². The standard InChI is InChI=1S/C6H12N2O/c1-6(2,8-3)5(7)9-4/h7H,3H2,1-2,4H3. The molecule has 52 valence electrons. The van der Waals surface area contributed by atoms with Crippen LogP contribution in [0.25, 0.3) is 0 Å². The molecule has 0 aromatic rings. The van der Waals surface area contributed by atoms with Gasteiger partial charge in [0.1, 0.15) is 5.54 Å². The van der Waals surface area contributed by atoms with Gasteiger partial charge in [0.15, 0.2) is 0 Å². The molecule has 0 aliphatic carbocycles. The molecular weight excluding hydrogens is 116 g/mol. The number of nitrogens with one attached hydrogen (secondary N) is 1. The molecule has 3 heteroatoms. The second kappa shape index (κ2) is 2.62. The van der Waals surface area contributed by atoms with Crippen molar-refractivity contribution in [2.45, 2.75) is 19.4 Å². The molecule has 0 aliphatic rings. The van der Waals surface area contributed by atoms with E-state index in [2.05, 4.69) is 16.4 Å². The maximum Gasteiger partial charge on any atom is 0.208 e. The van der Waals surface area contributed by atoms with Gasteiger partial charge in [0.05, 0.1) is 7.11 Å². The first kappa shape index (κ1) is 8.14. The number of nitrogens with zero attached hydrogens (tertiary/aromatic N) is 1. The zero-order valence-corrected chi connectivity index (χ0v) is 6.06. The van der Waals surface area contributed by atoms with Crippen LogP contribution in [0.4, 0.5) is 0 Å². The van der Waals surface area contributed by atoms with Gasteiger partial charge < -0.3 is 4.74 Å². The summed E-state index contributed by atoms with van der Waals surface area (Å²) in [6.07, 6.45) is 0. The molecule has 0 unspecified atom stereocenters. The van der Waals surface area contributed by atoms with Crippen LogP contribution in [0.1, 0.15) is 13.8 Å². The third-order valence-corrected chi connectivity index (χ3v) is 1.16. The van der Waals surface area contributed by atoms with E-state index in [0.29, 0.717) is 0 Å². The fraction of sp³-hybridized carbons (Fsp3) is 0.667. The van der Waals surface area contributed by atoms with Crippen molar-refractivity contribution in [1.82, 2.24) is 0 Å². The molecule has 0 saturated heterocycles. The Morgan fingerprint density at radius 3 is 2.22 bits per heavy atom. The highest BCUT2D eigenvalue weighted by Crippen LogP contribution is 2.08. The third-order valence-electron chi connectivity index (χ3n) is 1.16. The summed E-state index contributed by atoms with van der Waals surface area (Å²) in [5.41, 5.74) is -0.575. The topological polar surface area (TPSA) is 45.4 Å². The zero-order valence-electron chi connectivity index (χ0n) is 6.06. The van der Waals surface area contributed by atoms with Crippen molar-refractivity contribution in [2.75, 3.05) is 7.11 Å². The summed E-state index contributed by atoms with van der Waals surface area (Å²) in [7, 11) is 1.45. The van der Waals surface area contributed by atoms with E-state index in [4.69, 9.17) is 5.41 Å². The van der Waals surface area contributed by atoms with Gasteiger partial charge in [0, 0.05) is 0 Å². The fourth-order valence-corrected chi connectivity index (χ4v) is 0.322. The quantitative estimate of drug-likeness (QED) is 0.439. The van der Waals surface area contributed by atoms with Gasteiger partial charge in [-0.05, 0) is 20.6 Å². The van der Waals surface area contributed by atoms with Crippen LogP contribution >= 0.6 is 0 Å². The predicted octanol–water partition coefficient (Wildman–Crippen LogP) is 1.09. The van der Waals surface area contributed by atoms with Crippen LogP contribution in [0.2, 0.25) is 0 Å². The lowest BCUT2D eigenvalue weighted by atomic mass is 10.1. The molecule has 0 spiro atoms. The molecule has 0 bridgehead atoms. The average Bonchev–Trinajstić information content (AvgIpc) is 1.86.